The van der Waals surface area contributed by atoms with Crippen molar-refractivity contribution < 1.29 is 13.6 Å². The van der Waals surface area contributed by atoms with E-state index < -0.39 is 5.92 Å². The second-order valence-corrected chi connectivity index (χ2v) is 8.18. The Morgan fingerprint density at radius 3 is 2.31 bits per heavy atom. The van der Waals surface area contributed by atoms with Crippen LogP contribution < -0.4 is 5.32 Å². The number of anilines is 1. The van der Waals surface area contributed by atoms with Gasteiger partial charge in [-0.1, -0.05) is 54.1 Å². The highest BCUT2D eigenvalue weighted by Gasteiger charge is 2.24. The molecular weight excluding hydrogens is 458 g/mol. The molecular formula is C29H36F2N4O. The first-order valence-corrected chi connectivity index (χ1v) is 11.6. The van der Waals surface area contributed by atoms with Crippen molar-refractivity contribution in [3.63, 3.8) is 0 Å². The number of benzene rings is 2. The van der Waals surface area contributed by atoms with Gasteiger partial charge in [0.1, 0.15) is 12.0 Å². The standard InChI is InChI=1S/C11H14.C10H10F2O.C8H12N4/c1-4-5-11-8-9(2)6-7-10(11)3;1-7(13)8-4-3-5-9(6-8)10(2,11)12;1-4-10-7-6(2)11-5-12-8(7)9-3/h4-8H,1-3H3;3-6H,1-2H3;4-5H,1-3H3,(H,9,11,12)/b5-4+;;. The number of hydrogen-bond acceptors (Lipinski definition) is 5. The molecule has 0 aliphatic rings. The maximum Gasteiger partial charge on any atom is 0.270 e. The lowest BCUT2D eigenvalue weighted by molar-refractivity contribution is 0.0174. The number of aliphatic imine (C=N–C) groups is 1. The number of carbonyl (C=O) groups is 1. The molecule has 0 amide bonds. The number of allylic oxidation sites excluding steroid dienone is 1. The Labute approximate surface area is 213 Å². The van der Waals surface area contributed by atoms with Crippen LogP contribution in [-0.2, 0) is 5.92 Å². The zero-order chi connectivity index (χ0) is 27.3. The molecule has 192 valence electrons. The third kappa shape index (κ3) is 9.86. The molecule has 0 aliphatic heterocycles. The van der Waals surface area contributed by atoms with Crippen molar-refractivity contribution in [1.29, 1.82) is 0 Å². The van der Waals surface area contributed by atoms with E-state index in [1.165, 1.54) is 54.2 Å². The Bertz CT molecular complexity index is 1200. The molecule has 36 heavy (non-hydrogen) atoms. The summed E-state index contributed by atoms with van der Waals surface area (Å²) in [6.07, 6.45) is 7.46. The minimum atomic E-state index is -2.88. The van der Waals surface area contributed by atoms with E-state index >= 15 is 0 Å². The molecule has 3 rings (SSSR count). The van der Waals surface area contributed by atoms with E-state index in [1.54, 1.807) is 6.21 Å². The molecule has 3 aromatic rings. The maximum atomic E-state index is 12.8. The van der Waals surface area contributed by atoms with Gasteiger partial charge in [-0.25, -0.2) is 18.7 Å². The van der Waals surface area contributed by atoms with E-state index in [9.17, 15) is 13.6 Å². The van der Waals surface area contributed by atoms with Gasteiger partial charge in [0.25, 0.3) is 5.92 Å². The van der Waals surface area contributed by atoms with Crippen molar-refractivity contribution in [1.82, 2.24) is 9.97 Å². The fourth-order valence-corrected chi connectivity index (χ4v) is 3.06. The summed E-state index contributed by atoms with van der Waals surface area (Å²) in [6.45, 7) is 12.2. The molecule has 0 radical (unpaired) electrons. The van der Waals surface area contributed by atoms with Crippen molar-refractivity contribution in [3.05, 3.63) is 88.4 Å². The van der Waals surface area contributed by atoms with Crippen LogP contribution in [0.3, 0.4) is 0 Å². The topological polar surface area (TPSA) is 67.2 Å². The number of nitrogens with one attached hydrogen (secondary N) is 1. The monoisotopic (exact) mass is 494 g/mol. The Kier molecular flexibility index (Phi) is 12.3. The minimum Gasteiger partial charge on any atom is -0.371 e. The van der Waals surface area contributed by atoms with E-state index in [4.69, 9.17) is 0 Å². The summed E-state index contributed by atoms with van der Waals surface area (Å²) < 4.78 is 25.6. The molecule has 0 bridgehead atoms. The van der Waals surface area contributed by atoms with Crippen molar-refractivity contribution in [3.8, 4) is 0 Å². The summed E-state index contributed by atoms with van der Waals surface area (Å²) >= 11 is 0. The van der Waals surface area contributed by atoms with Gasteiger partial charge in [0.15, 0.2) is 11.6 Å². The summed E-state index contributed by atoms with van der Waals surface area (Å²) in [7, 11) is 1.82. The van der Waals surface area contributed by atoms with Crippen molar-refractivity contribution in [2.75, 3.05) is 12.4 Å². The van der Waals surface area contributed by atoms with Crippen LogP contribution in [0.5, 0.6) is 0 Å². The zero-order valence-corrected chi connectivity index (χ0v) is 22.4. The molecule has 7 heteroatoms. The third-order valence-corrected chi connectivity index (χ3v) is 5.06. The van der Waals surface area contributed by atoms with Crippen LogP contribution in [0, 0.1) is 20.8 Å². The number of carbonyl (C=O) groups excluding carboxylic acids is 1. The van der Waals surface area contributed by atoms with Gasteiger partial charge < -0.3 is 5.32 Å². The maximum absolute atomic E-state index is 12.8. The van der Waals surface area contributed by atoms with Crippen LogP contribution >= 0.6 is 0 Å². The predicted molar refractivity (Wildman–Crippen MR) is 147 cm³/mol. The summed E-state index contributed by atoms with van der Waals surface area (Å²) in [5.74, 6) is -2.32. The number of rotatable bonds is 5. The van der Waals surface area contributed by atoms with Gasteiger partial charge >= 0.3 is 0 Å². The van der Waals surface area contributed by atoms with Crippen LogP contribution in [0.15, 0.2) is 59.9 Å². The summed E-state index contributed by atoms with van der Waals surface area (Å²) in [5, 5.41) is 2.96. The summed E-state index contributed by atoms with van der Waals surface area (Å²) in [4.78, 5) is 23.1. The molecule has 0 aliphatic carbocycles. The molecule has 1 heterocycles. The molecule has 0 spiro atoms. The van der Waals surface area contributed by atoms with Gasteiger partial charge in [-0.15, -0.1) is 0 Å². The zero-order valence-electron chi connectivity index (χ0n) is 22.4. The molecule has 2 aromatic carbocycles. The van der Waals surface area contributed by atoms with Crippen LogP contribution in [0.2, 0.25) is 0 Å². The Hall–Kier alpha value is -3.74. The molecule has 0 fully saturated rings. The van der Waals surface area contributed by atoms with E-state index in [-0.39, 0.29) is 11.3 Å². The Morgan fingerprint density at radius 1 is 1.06 bits per heavy atom. The highest BCUT2D eigenvalue weighted by atomic mass is 19.3. The van der Waals surface area contributed by atoms with E-state index in [0.29, 0.717) is 5.56 Å². The van der Waals surface area contributed by atoms with Crippen molar-refractivity contribution >= 4 is 29.6 Å². The number of halogens is 2. The Balaban J connectivity index is 0.000000271. The SMILES string of the molecule is C/C=C/c1cc(C)ccc1C.CC(=O)c1cccc(C(C)(F)F)c1.CC=Nc1c(C)ncnc1NC. The number of aryl methyl sites for hydroxylation is 3. The smallest absolute Gasteiger partial charge is 0.270 e. The second kappa shape index (κ2) is 14.6. The average molecular weight is 495 g/mol. The van der Waals surface area contributed by atoms with Crippen LogP contribution in [0.1, 0.15) is 66.0 Å². The first kappa shape index (κ1) is 30.3. The fraction of sp³-hybridized carbons (Fsp3) is 0.310. The van der Waals surface area contributed by atoms with Crippen molar-refractivity contribution in [2.24, 2.45) is 4.99 Å². The first-order valence-electron chi connectivity index (χ1n) is 11.6. The van der Waals surface area contributed by atoms with Crippen LogP contribution in [0.4, 0.5) is 20.3 Å². The number of aromatic nitrogens is 2. The molecule has 0 unspecified atom stereocenters. The predicted octanol–water partition coefficient (Wildman–Crippen LogP) is 7.89. The minimum absolute atomic E-state index is 0.125. The summed E-state index contributed by atoms with van der Waals surface area (Å²) in [5.41, 5.74) is 5.87. The Morgan fingerprint density at radius 2 is 1.75 bits per heavy atom. The lowest BCUT2D eigenvalue weighted by Crippen LogP contribution is -2.07. The van der Waals surface area contributed by atoms with Crippen molar-refractivity contribution in [2.45, 2.75) is 54.4 Å². The molecule has 1 aromatic heterocycles. The van der Waals surface area contributed by atoms with E-state index in [2.05, 4.69) is 64.5 Å². The van der Waals surface area contributed by atoms with Gasteiger partial charge in [-0.05, 0) is 58.7 Å². The number of hydrogen-bond donors (Lipinski definition) is 1. The van der Waals surface area contributed by atoms with Gasteiger partial charge in [0.2, 0.25) is 0 Å². The highest BCUT2D eigenvalue weighted by molar-refractivity contribution is 5.94. The molecule has 0 saturated heterocycles. The van der Waals surface area contributed by atoms with Gasteiger partial charge in [0.05, 0.1) is 5.69 Å². The number of alkyl halides is 2. The van der Waals surface area contributed by atoms with Gasteiger partial charge in [-0.2, -0.15) is 0 Å². The largest absolute Gasteiger partial charge is 0.371 e. The molecule has 0 saturated carbocycles. The third-order valence-electron chi connectivity index (χ3n) is 5.06. The fourth-order valence-electron chi connectivity index (χ4n) is 3.06. The van der Waals surface area contributed by atoms with Crippen LogP contribution in [0.25, 0.3) is 6.08 Å². The lowest BCUT2D eigenvalue weighted by atomic mass is 10.0. The second-order valence-electron chi connectivity index (χ2n) is 8.18. The van der Waals surface area contributed by atoms with E-state index in [1.807, 2.05) is 27.8 Å². The average Bonchev–Trinajstić information content (AvgIpc) is 2.83. The van der Waals surface area contributed by atoms with E-state index in [0.717, 1.165) is 24.1 Å². The number of nitrogens with zero attached hydrogens (tertiary/aromatic N) is 3. The lowest BCUT2D eigenvalue weighted by Gasteiger charge is -2.10. The van der Waals surface area contributed by atoms with Gasteiger partial charge in [0, 0.05) is 31.3 Å². The molecule has 0 atom stereocenters. The number of Topliss-reactive ketones (excluding diaryl/α,β-unsaturated/α-hetero) is 1. The quantitative estimate of drug-likeness (QED) is 0.289. The summed E-state index contributed by atoms with van der Waals surface area (Å²) in [6, 6.07) is 12.0. The highest BCUT2D eigenvalue weighted by Crippen LogP contribution is 2.27. The number of ketones is 1. The van der Waals surface area contributed by atoms with Gasteiger partial charge in [-0.3, -0.25) is 9.79 Å². The first-order chi connectivity index (χ1) is 16.9. The molecule has 1 N–H and O–H groups in total. The molecule has 5 nitrogen and oxygen atoms in total. The van der Waals surface area contributed by atoms with Crippen LogP contribution in [-0.4, -0.2) is 29.0 Å². The normalized spacial score (nSPS) is 10.9.